The van der Waals surface area contributed by atoms with E-state index in [1.807, 2.05) is 24.3 Å². The maximum Gasteiger partial charge on any atom is 0.220 e. The third kappa shape index (κ3) is 24.5. The van der Waals surface area contributed by atoms with Crippen LogP contribution in [0.4, 0.5) is 0 Å². The van der Waals surface area contributed by atoms with Crippen molar-refractivity contribution in [1.82, 2.24) is 10.3 Å². The van der Waals surface area contributed by atoms with E-state index in [0.29, 0.717) is 25.8 Å². The number of nitrogens with zero attached hydrogens (tertiary/aromatic N) is 1. The van der Waals surface area contributed by atoms with Crippen LogP contribution in [0, 0.1) is 0 Å². The van der Waals surface area contributed by atoms with Crippen molar-refractivity contribution in [2.75, 3.05) is 18.1 Å². The van der Waals surface area contributed by atoms with Crippen LogP contribution in [0.2, 0.25) is 0 Å². The van der Waals surface area contributed by atoms with Gasteiger partial charge >= 0.3 is 0 Å². The van der Waals surface area contributed by atoms with Crippen LogP contribution >= 0.6 is 21.6 Å². The number of ketones is 1. The maximum atomic E-state index is 12.0. The van der Waals surface area contributed by atoms with E-state index in [4.69, 9.17) is 0 Å². The molecule has 1 N–H and O–H groups in total. The van der Waals surface area contributed by atoms with Crippen LogP contribution in [-0.2, 0) is 9.59 Å². The van der Waals surface area contributed by atoms with Crippen molar-refractivity contribution in [2.24, 2.45) is 0 Å². The number of carbonyl (C=O) groups is 2. The highest BCUT2D eigenvalue weighted by molar-refractivity contribution is 8.76. The lowest BCUT2D eigenvalue weighted by atomic mass is 10.1. The van der Waals surface area contributed by atoms with Crippen LogP contribution in [0.1, 0.15) is 83.1 Å². The van der Waals surface area contributed by atoms with Gasteiger partial charge in [0.05, 0.1) is 0 Å². The zero-order valence-electron chi connectivity index (χ0n) is 24.2. The summed E-state index contributed by atoms with van der Waals surface area (Å²) in [4.78, 5) is 28.0. The Morgan fingerprint density at radius 2 is 1.45 bits per heavy atom. The highest BCUT2D eigenvalue weighted by atomic mass is 33.1. The fourth-order valence-electron chi connectivity index (χ4n) is 3.42. The molecule has 1 heterocycles. The second-order valence-electron chi connectivity index (χ2n) is 9.13. The second-order valence-corrected chi connectivity index (χ2v) is 11.8. The predicted molar refractivity (Wildman–Crippen MR) is 178 cm³/mol. The molecule has 1 amide bonds. The zero-order valence-corrected chi connectivity index (χ0v) is 25.9. The molecule has 0 saturated heterocycles. The fraction of sp³-hybridized carbons (Fsp3) is 0.441. The maximum absolute atomic E-state index is 12.0. The highest BCUT2D eigenvalue weighted by Gasteiger charge is 2.01. The van der Waals surface area contributed by atoms with Gasteiger partial charge in [-0.2, -0.15) is 0 Å². The Morgan fingerprint density at radius 1 is 0.800 bits per heavy atom. The first kappa shape index (κ1) is 35.5. The summed E-state index contributed by atoms with van der Waals surface area (Å²) in [6.07, 6.45) is 38.7. The Bertz CT molecular complexity index is 950. The summed E-state index contributed by atoms with van der Waals surface area (Å²) in [5, 5.41) is 2.99. The van der Waals surface area contributed by atoms with Crippen LogP contribution < -0.4 is 5.32 Å². The molecule has 1 aromatic rings. The van der Waals surface area contributed by atoms with Crippen LogP contribution in [0.15, 0.2) is 91.4 Å². The van der Waals surface area contributed by atoms with E-state index >= 15 is 0 Å². The van der Waals surface area contributed by atoms with E-state index in [2.05, 4.69) is 78.0 Å². The molecule has 0 spiro atoms. The third-order valence-corrected chi connectivity index (χ3v) is 8.04. The molecule has 0 radical (unpaired) electrons. The average molecular weight is 581 g/mol. The topological polar surface area (TPSA) is 59.1 Å². The lowest BCUT2D eigenvalue weighted by Gasteiger charge is -2.04. The molecule has 218 valence electrons. The van der Waals surface area contributed by atoms with Gasteiger partial charge in [-0.1, -0.05) is 107 Å². The molecule has 0 saturated carbocycles. The number of Topliss-reactive ketones (excluding diaryl/α,β-unsaturated/α-hetero) is 1. The molecule has 0 unspecified atom stereocenters. The van der Waals surface area contributed by atoms with Crippen LogP contribution in [0.25, 0.3) is 6.08 Å². The largest absolute Gasteiger partial charge is 0.355 e. The molecule has 0 aromatic carbocycles. The van der Waals surface area contributed by atoms with Crippen LogP contribution in [-0.4, -0.2) is 34.7 Å². The van der Waals surface area contributed by atoms with Gasteiger partial charge in [0.25, 0.3) is 0 Å². The first-order valence-corrected chi connectivity index (χ1v) is 17.1. The molecule has 4 nitrogen and oxygen atoms in total. The summed E-state index contributed by atoms with van der Waals surface area (Å²) in [5.74, 6) is 2.22. The molecule has 0 aliphatic heterocycles. The molecular weight excluding hydrogens is 533 g/mol. The minimum Gasteiger partial charge on any atom is -0.355 e. The number of hydrogen-bond acceptors (Lipinski definition) is 5. The molecule has 40 heavy (non-hydrogen) atoms. The number of rotatable bonds is 24. The highest BCUT2D eigenvalue weighted by Crippen LogP contribution is 2.22. The Balaban J connectivity index is 1.87. The number of pyridine rings is 1. The van der Waals surface area contributed by atoms with E-state index in [-0.39, 0.29) is 11.7 Å². The van der Waals surface area contributed by atoms with Crippen molar-refractivity contribution in [2.45, 2.75) is 77.6 Å². The number of amides is 1. The van der Waals surface area contributed by atoms with E-state index in [9.17, 15) is 9.59 Å². The standard InChI is InChI=1S/C34H48N2O2S2/c1-2-3-4-5-6-7-8-9-10-11-12-13-14-15-16-17-18-26-34(38)36-28-30-40-39-29-21-25-33(37)24-19-22-32-23-20-27-35-31-32/h3-4,6-7,9-10,12-13,15-16,19-20,22-23,27,31H,2,5,8,11,14,17-18,21,24-26,28-30H2,1H3,(H,36,38)/b4-3-,7-6-,10-9-,13-12-,16-15-,22-19+. The molecule has 0 aliphatic carbocycles. The number of allylic oxidation sites excluding steroid dienone is 11. The Labute approximate surface area is 251 Å². The fourth-order valence-corrected chi connectivity index (χ4v) is 5.41. The molecule has 0 fully saturated rings. The van der Waals surface area contributed by atoms with Gasteiger partial charge in [0.15, 0.2) is 0 Å². The van der Waals surface area contributed by atoms with Crippen molar-refractivity contribution < 1.29 is 9.59 Å². The van der Waals surface area contributed by atoms with Gasteiger partial charge in [0.1, 0.15) is 5.78 Å². The summed E-state index contributed by atoms with van der Waals surface area (Å²) >= 11 is 0. The number of aromatic nitrogens is 1. The molecule has 0 bridgehead atoms. The van der Waals surface area contributed by atoms with Crippen LogP contribution in [0.3, 0.4) is 0 Å². The summed E-state index contributed by atoms with van der Waals surface area (Å²) in [6.45, 7) is 2.84. The summed E-state index contributed by atoms with van der Waals surface area (Å²) in [5.41, 5.74) is 1.01. The van der Waals surface area contributed by atoms with Crippen molar-refractivity contribution in [3.8, 4) is 0 Å². The molecule has 6 heteroatoms. The van der Waals surface area contributed by atoms with Crippen molar-refractivity contribution in [1.29, 1.82) is 0 Å². The van der Waals surface area contributed by atoms with E-state index in [0.717, 1.165) is 68.4 Å². The smallest absolute Gasteiger partial charge is 0.220 e. The molecule has 0 aliphatic rings. The van der Waals surface area contributed by atoms with Crippen molar-refractivity contribution in [3.05, 3.63) is 96.9 Å². The summed E-state index contributed by atoms with van der Waals surface area (Å²) in [6, 6.07) is 3.86. The van der Waals surface area contributed by atoms with Crippen molar-refractivity contribution in [3.63, 3.8) is 0 Å². The van der Waals surface area contributed by atoms with E-state index in [1.54, 1.807) is 34.0 Å². The molecular formula is C34H48N2O2S2. The van der Waals surface area contributed by atoms with E-state index in [1.165, 1.54) is 0 Å². The number of carbonyl (C=O) groups excluding carboxylic acids is 2. The van der Waals surface area contributed by atoms with E-state index < -0.39 is 0 Å². The average Bonchev–Trinajstić information content (AvgIpc) is 2.96. The predicted octanol–water partition coefficient (Wildman–Crippen LogP) is 9.25. The summed E-state index contributed by atoms with van der Waals surface area (Å²) in [7, 11) is 3.53. The molecule has 0 atom stereocenters. The van der Waals surface area contributed by atoms with Gasteiger partial charge in [-0.05, 0) is 63.0 Å². The lowest BCUT2D eigenvalue weighted by Crippen LogP contribution is -2.25. The number of unbranched alkanes of at least 4 members (excludes halogenated alkanes) is 1. The second kappa shape index (κ2) is 28.0. The van der Waals surface area contributed by atoms with Gasteiger partial charge < -0.3 is 5.32 Å². The van der Waals surface area contributed by atoms with Crippen molar-refractivity contribution >= 4 is 39.4 Å². The number of nitrogens with one attached hydrogen (secondary N) is 1. The van der Waals surface area contributed by atoms with Gasteiger partial charge in [-0.15, -0.1) is 0 Å². The first-order valence-electron chi connectivity index (χ1n) is 14.6. The van der Waals surface area contributed by atoms with Gasteiger partial charge in [0, 0.05) is 49.7 Å². The summed E-state index contributed by atoms with van der Waals surface area (Å²) < 4.78 is 0. The SMILES string of the molecule is CC/C=C\C/C=C\C/C=C\C/C=C\C/C=C\CCCC(=O)NCCSSCCCC(=O)C/C=C/c1cccnc1. The lowest BCUT2D eigenvalue weighted by molar-refractivity contribution is -0.121. The van der Waals surface area contributed by atoms with Gasteiger partial charge in [-0.3, -0.25) is 14.6 Å². The minimum absolute atomic E-state index is 0.128. The number of hydrogen-bond donors (Lipinski definition) is 1. The first-order chi connectivity index (χ1) is 19.7. The monoisotopic (exact) mass is 580 g/mol. The minimum atomic E-state index is 0.128. The quantitative estimate of drug-likeness (QED) is 0.0750. The Morgan fingerprint density at radius 3 is 2.10 bits per heavy atom. The van der Waals surface area contributed by atoms with Gasteiger partial charge in [0.2, 0.25) is 5.91 Å². The normalized spacial score (nSPS) is 12.3. The Hall–Kier alpha value is -2.57. The zero-order chi connectivity index (χ0) is 28.8. The third-order valence-electron chi connectivity index (χ3n) is 5.55. The Kier molecular flexibility index (Phi) is 24.8. The van der Waals surface area contributed by atoms with Gasteiger partial charge in [-0.25, -0.2) is 0 Å². The van der Waals surface area contributed by atoms with Crippen LogP contribution in [0.5, 0.6) is 0 Å². The molecule has 1 rings (SSSR count). The molecule has 1 aromatic heterocycles.